The van der Waals surface area contributed by atoms with Crippen molar-refractivity contribution in [3.8, 4) is 0 Å². The summed E-state index contributed by atoms with van der Waals surface area (Å²) in [5.41, 5.74) is 0.537. The minimum Gasteiger partial charge on any atom is -0.317 e. The van der Waals surface area contributed by atoms with Gasteiger partial charge in [0.05, 0.1) is 16.7 Å². The van der Waals surface area contributed by atoms with E-state index in [1.807, 2.05) is 6.92 Å². The van der Waals surface area contributed by atoms with Gasteiger partial charge >= 0.3 is 0 Å². The van der Waals surface area contributed by atoms with Gasteiger partial charge in [-0.1, -0.05) is 0 Å². The number of piperidine rings is 1. The number of imide groups is 1. The maximum Gasteiger partial charge on any atom is 0.263 e. The Labute approximate surface area is 105 Å². The molecule has 3 heterocycles. The lowest BCUT2D eigenvalue weighted by Crippen LogP contribution is -2.54. The Morgan fingerprint density at radius 1 is 1.22 bits per heavy atom. The number of hydrogen-bond donors (Lipinski definition) is 1. The van der Waals surface area contributed by atoms with Gasteiger partial charge in [-0.25, -0.2) is 0 Å². The van der Waals surface area contributed by atoms with E-state index in [1.165, 1.54) is 11.1 Å². The van der Waals surface area contributed by atoms with Crippen LogP contribution < -0.4 is 5.32 Å². The van der Waals surface area contributed by atoms with E-state index in [9.17, 15) is 9.59 Å². The average Bonchev–Trinajstić information content (AvgIpc) is 2.64. The molecule has 0 bridgehead atoms. The van der Waals surface area contributed by atoms with E-state index >= 15 is 0 Å². The topological polar surface area (TPSA) is 62.3 Å². The molecule has 18 heavy (non-hydrogen) atoms. The first-order valence-corrected chi connectivity index (χ1v) is 6.17. The van der Waals surface area contributed by atoms with E-state index in [0.29, 0.717) is 11.1 Å². The molecule has 1 aromatic heterocycles. The SMILES string of the molecule is CC1(N2C(=O)c3ccncc3C2=O)CCNCC1. The van der Waals surface area contributed by atoms with Crippen LogP contribution in [0.15, 0.2) is 18.5 Å². The smallest absolute Gasteiger partial charge is 0.263 e. The van der Waals surface area contributed by atoms with Crippen LogP contribution in [0.4, 0.5) is 0 Å². The Balaban J connectivity index is 2.01. The summed E-state index contributed by atoms with van der Waals surface area (Å²) >= 11 is 0. The van der Waals surface area contributed by atoms with Crippen molar-refractivity contribution < 1.29 is 9.59 Å². The van der Waals surface area contributed by atoms with Gasteiger partial charge in [-0.2, -0.15) is 0 Å². The number of nitrogens with zero attached hydrogens (tertiary/aromatic N) is 2. The van der Waals surface area contributed by atoms with E-state index in [-0.39, 0.29) is 17.4 Å². The van der Waals surface area contributed by atoms with Crippen LogP contribution in [0.5, 0.6) is 0 Å². The van der Waals surface area contributed by atoms with Crippen LogP contribution in [0, 0.1) is 0 Å². The second-order valence-corrected chi connectivity index (χ2v) is 5.11. The summed E-state index contributed by atoms with van der Waals surface area (Å²) in [6.07, 6.45) is 4.63. The molecule has 0 aromatic carbocycles. The van der Waals surface area contributed by atoms with Gasteiger partial charge in [0.15, 0.2) is 0 Å². The fraction of sp³-hybridized carbons (Fsp3) is 0.462. The molecule has 3 rings (SSSR count). The van der Waals surface area contributed by atoms with Gasteiger partial charge in [0.1, 0.15) is 0 Å². The lowest BCUT2D eigenvalue weighted by atomic mass is 9.88. The molecule has 0 aliphatic carbocycles. The summed E-state index contributed by atoms with van der Waals surface area (Å²) < 4.78 is 0. The molecule has 1 saturated heterocycles. The molecule has 1 fully saturated rings. The molecular formula is C13H15N3O2. The molecule has 0 radical (unpaired) electrons. The molecule has 0 saturated carbocycles. The largest absolute Gasteiger partial charge is 0.317 e. The third kappa shape index (κ3) is 1.47. The second-order valence-electron chi connectivity index (χ2n) is 5.11. The lowest BCUT2D eigenvalue weighted by molar-refractivity contribution is 0.0388. The number of hydrogen-bond acceptors (Lipinski definition) is 4. The van der Waals surface area contributed by atoms with Crippen molar-refractivity contribution in [3.05, 3.63) is 29.6 Å². The summed E-state index contributed by atoms with van der Waals surface area (Å²) in [7, 11) is 0. The first kappa shape index (κ1) is 11.3. The minimum atomic E-state index is -0.377. The molecule has 0 spiro atoms. The quantitative estimate of drug-likeness (QED) is 0.744. The third-order valence-corrected chi connectivity index (χ3v) is 3.91. The summed E-state index contributed by atoms with van der Waals surface area (Å²) in [6.45, 7) is 3.66. The van der Waals surface area contributed by atoms with Gasteiger partial charge in [0.2, 0.25) is 0 Å². The third-order valence-electron chi connectivity index (χ3n) is 3.91. The maximum atomic E-state index is 12.4. The van der Waals surface area contributed by atoms with Gasteiger partial charge in [0, 0.05) is 12.4 Å². The summed E-state index contributed by atoms with van der Waals surface area (Å²) in [6, 6.07) is 1.63. The molecule has 94 valence electrons. The molecule has 1 N–H and O–H groups in total. The highest BCUT2D eigenvalue weighted by Crippen LogP contribution is 2.33. The molecule has 2 aliphatic rings. The van der Waals surface area contributed by atoms with Crippen molar-refractivity contribution in [1.29, 1.82) is 0 Å². The van der Waals surface area contributed by atoms with E-state index < -0.39 is 0 Å². The number of aromatic nitrogens is 1. The number of carbonyl (C=O) groups excluding carboxylic acids is 2. The number of carbonyl (C=O) groups is 2. The van der Waals surface area contributed by atoms with Gasteiger partial charge in [-0.15, -0.1) is 0 Å². The van der Waals surface area contributed by atoms with Crippen LogP contribution in [-0.2, 0) is 0 Å². The zero-order valence-electron chi connectivity index (χ0n) is 10.3. The van der Waals surface area contributed by atoms with Crippen LogP contribution in [0.1, 0.15) is 40.5 Å². The minimum absolute atomic E-state index is 0.179. The van der Waals surface area contributed by atoms with Crippen molar-refractivity contribution in [2.45, 2.75) is 25.3 Å². The van der Waals surface area contributed by atoms with Crippen molar-refractivity contribution in [3.63, 3.8) is 0 Å². The number of rotatable bonds is 1. The zero-order valence-corrected chi connectivity index (χ0v) is 10.3. The van der Waals surface area contributed by atoms with Crippen LogP contribution in [0.25, 0.3) is 0 Å². The summed E-state index contributed by atoms with van der Waals surface area (Å²) in [5.74, 6) is -0.380. The lowest BCUT2D eigenvalue weighted by Gasteiger charge is -2.40. The summed E-state index contributed by atoms with van der Waals surface area (Å²) in [4.78, 5) is 30.1. The molecule has 5 heteroatoms. The predicted molar refractivity (Wildman–Crippen MR) is 65.2 cm³/mol. The van der Waals surface area contributed by atoms with Crippen molar-refractivity contribution in [1.82, 2.24) is 15.2 Å². The first-order chi connectivity index (χ1) is 8.63. The molecule has 2 aliphatic heterocycles. The molecule has 5 nitrogen and oxygen atoms in total. The zero-order chi connectivity index (χ0) is 12.8. The normalized spacial score (nSPS) is 22.2. The monoisotopic (exact) mass is 245 g/mol. The molecule has 0 unspecified atom stereocenters. The molecular weight excluding hydrogens is 230 g/mol. The maximum absolute atomic E-state index is 12.4. The van der Waals surface area contributed by atoms with Gasteiger partial charge in [-0.05, 0) is 38.9 Å². The van der Waals surface area contributed by atoms with Crippen LogP contribution in [0.2, 0.25) is 0 Å². The fourth-order valence-electron chi connectivity index (χ4n) is 2.76. The molecule has 2 amide bonds. The van der Waals surface area contributed by atoms with Gasteiger partial charge < -0.3 is 5.32 Å². The molecule has 0 atom stereocenters. The van der Waals surface area contributed by atoms with Crippen LogP contribution >= 0.6 is 0 Å². The summed E-state index contributed by atoms with van der Waals surface area (Å²) in [5, 5.41) is 3.25. The first-order valence-electron chi connectivity index (χ1n) is 6.17. The number of amides is 2. The fourth-order valence-corrected chi connectivity index (χ4v) is 2.76. The Morgan fingerprint density at radius 3 is 2.56 bits per heavy atom. The Bertz CT molecular complexity index is 486. The standard InChI is InChI=1S/C13H15N3O2/c1-13(3-6-14-7-4-13)16-11(17)9-2-5-15-8-10(9)12(16)18/h2,5,8,14H,3-4,6-7H2,1H3. The van der Waals surface area contributed by atoms with E-state index in [4.69, 9.17) is 0 Å². The predicted octanol–water partition coefficient (Wildman–Crippen LogP) is 0.820. The second kappa shape index (κ2) is 3.88. The van der Waals surface area contributed by atoms with Crippen molar-refractivity contribution in [2.24, 2.45) is 0 Å². The Hall–Kier alpha value is -1.75. The van der Waals surface area contributed by atoms with E-state index in [1.54, 1.807) is 12.3 Å². The Morgan fingerprint density at radius 2 is 1.89 bits per heavy atom. The number of fused-ring (bicyclic) bond motifs is 1. The van der Waals surface area contributed by atoms with Crippen molar-refractivity contribution >= 4 is 11.8 Å². The van der Waals surface area contributed by atoms with Crippen LogP contribution in [0.3, 0.4) is 0 Å². The van der Waals surface area contributed by atoms with Crippen LogP contribution in [-0.4, -0.2) is 40.3 Å². The Kier molecular flexibility index (Phi) is 2.45. The number of pyridine rings is 1. The van der Waals surface area contributed by atoms with E-state index in [0.717, 1.165) is 25.9 Å². The van der Waals surface area contributed by atoms with E-state index in [2.05, 4.69) is 10.3 Å². The highest BCUT2D eigenvalue weighted by Gasteiger charge is 2.46. The molecule has 1 aromatic rings. The van der Waals surface area contributed by atoms with Gasteiger partial charge in [-0.3, -0.25) is 19.5 Å². The highest BCUT2D eigenvalue weighted by atomic mass is 16.2. The number of nitrogens with one attached hydrogen (secondary N) is 1. The van der Waals surface area contributed by atoms with Crippen molar-refractivity contribution in [2.75, 3.05) is 13.1 Å². The van der Waals surface area contributed by atoms with Gasteiger partial charge in [0.25, 0.3) is 11.8 Å². The average molecular weight is 245 g/mol. The highest BCUT2D eigenvalue weighted by molar-refractivity contribution is 6.21.